The quantitative estimate of drug-likeness (QED) is 0.159. The maximum Gasteiger partial charge on any atom is 0.326 e. The van der Waals surface area contributed by atoms with Gasteiger partial charge >= 0.3 is 11.9 Å². The minimum absolute atomic E-state index is 0.00374. The minimum atomic E-state index is -3.88. The number of aryl methyl sites for hydroxylation is 1. The molecule has 0 unspecified atom stereocenters. The molecule has 2 aromatic carbocycles. The van der Waals surface area contributed by atoms with Crippen molar-refractivity contribution >= 4 is 57.1 Å². The predicted octanol–water partition coefficient (Wildman–Crippen LogP) is 2.72. The van der Waals surface area contributed by atoms with Gasteiger partial charge in [-0.3, -0.25) is 14.9 Å². The van der Waals surface area contributed by atoms with Crippen LogP contribution >= 0.6 is 23.5 Å². The third-order valence-corrected chi connectivity index (χ3v) is 9.99. The monoisotopic (exact) mass is 653 g/mol. The Labute approximate surface area is 260 Å². The molecule has 0 aromatic heterocycles. The number of amides is 1. The van der Waals surface area contributed by atoms with E-state index in [2.05, 4.69) is 20.1 Å². The molecule has 0 saturated carbocycles. The lowest BCUT2D eigenvalue weighted by atomic mass is 10.0. The van der Waals surface area contributed by atoms with Crippen LogP contribution in [0.1, 0.15) is 44.2 Å². The molecule has 234 valence electrons. The van der Waals surface area contributed by atoms with Crippen molar-refractivity contribution in [1.29, 1.82) is 0 Å². The van der Waals surface area contributed by atoms with Crippen LogP contribution in [0.2, 0.25) is 5.02 Å². The van der Waals surface area contributed by atoms with Crippen LogP contribution in [0.3, 0.4) is 0 Å². The number of rotatable bonds is 13. The van der Waals surface area contributed by atoms with Crippen LogP contribution in [-0.2, 0) is 42.1 Å². The summed E-state index contributed by atoms with van der Waals surface area (Å²) in [5, 5.41) is 15.7. The average molecular weight is 654 g/mol. The number of anilines is 1. The number of likely N-dealkylation sites (tertiary alicyclic amines) is 1. The second kappa shape index (κ2) is 14.7. The molecule has 1 fully saturated rings. The summed E-state index contributed by atoms with van der Waals surface area (Å²) in [7, 11) is -3.88. The molecule has 0 radical (unpaired) electrons. The highest BCUT2D eigenvalue weighted by Crippen LogP contribution is 2.35. The molecular formula is C28H36ClN5O7S2. The summed E-state index contributed by atoms with van der Waals surface area (Å²) in [6.07, 6.45) is 1.84. The zero-order valence-electron chi connectivity index (χ0n) is 23.9. The molecule has 2 aliphatic rings. The van der Waals surface area contributed by atoms with E-state index in [1.165, 1.54) is 22.9 Å². The first kappa shape index (κ1) is 33.0. The summed E-state index contributed by atoms with van der Waals surface area (Å²) in [6.45, 7) is 4.46. The van der Waals surface area contributed by atoms with Crippen LogP contribution in [0.5, 0.6) is 0 Å². The van der Waals surface area contributed by atoms with Crippen LogP contribution in [0.15, 0.2) is 46.2 Å². The fourth-order valence-electron chi connectivity index (χ4n) is 5.02. The van der Waals surface area contributed by atoms with Gasteiger partial charge in [0, 0.05) is 18.0 Å². The van der Waals surface area contributed by atoms with Gasteiger partial charge in [-0.25, -0.2) is 22.7 Å². The molecule has 2 aromatic rings. The number of carboxylic acids is 1. The number of sulfonamides is 1. The highest BCUT2D eigenvalue weighted by molar-refractivity contribution is 7.97. The maximum atomic E-state index is 13.0. The van der Waals surface area contributed by atoms with Crippen molar-refractivity contribution in [3.8, 4) is 0 Å². The first-order valence-corrected chi connectivity index (χ1v) is 16.7. The summed E-state index contributed by atoms with van der Waals surface area (Å²) in [5.74, 6) is -1.89. The first-order chi connectivity index (χ1) is 20.5. The van der Waals surface area contributed by atoms with Crippen LogP contribution < -0.4 is 20.1 Å². The van der Waals surface area contributed by atoms with E-state index in [4.69, 9.17) is 16.3 Å². The smallest absolute Gasteiger partial charge is 0.326 e. The fraction of sp³-hybridized carbons (Fsp3) is 0.464. The van der Waals surface area contributed by atoms with Gasteiger partial charge in [0.2, 0.25) is 15.9 Å². The molecule has 2 heterocycles. The largest absolute Gasteiger partial charge is 0.480 e. The average Bonchev–Trinajstić information content (AvgIpc) is 3.48. The van der Waals surface area contributed by atoms with Crippen molar-refractivity contribution in [3.05, 3.63) is 52.5 Å². The van der Waals surface area contributed by atoms with Crippen molar-refractivity contribution < 1.29 is 32.6 Å². The molecule has 4 rings (SSSR count). The van der Waals surface area contributed by atoms with Crippen LogP contribution in [-0.4, -0.2) is 74.2 Å². The number of hydrogen-bond donors (Lipinski definition) is 5. The number of hydrogen-bond acceptors (Lipinski definition) is 10. The lowest BCUT2D eigenvalue weighted by Gasteiger charge is -2.27. The SMILES string of the molecule is CCOC(=O)[C@H](CCc1ccc(CNS(=O)(=O)c2cc3c(cc2Cl)NCNS3)cc1)N[C@@H](C)C(=O)N1CCC[C@H]1C(=O)O. The predicted molar refractivity (Wildman–Crippen MR) is 163 cm³/mol. The number of nitrogens with zero attached hydrogens (tertiary/aromatic N) is 1. The molecule has 5 N–H and O–H groups in total. The number of esters is 1. The third kappa shape index (κ3) is 8.40. The van der Waals surface area contributed by atoms with Crippen LogP contribution in [0.25, 0.3) is 0 Å². The lowest BCUT2D eigenvalue weighted by Crippen LogP contribution is -2.53. The van der Waals surface area contributed by atoms with E-state index in [1.54, 1.807) is 32.0 Å². The van der Waals surface area contributed by atoms with Crippen molar-refractivity contribution in [2.45, 2.75) is 74.0 Å². The number of benzene rings is 2. The Morgan fingerprint density at radius 2 is 1.93 bits per heavy atom. The molecule has 2 aliphatic heterocycles. The summed E-state index contributed by atoms with van der Waals surface area (Å²) in [5.41, 5.74) is 2.40. The van der Waals surface area contributed by atoms with E-state index in [-0.39, 0.29) is 29.0 Å². The fourth-order valence-corrected chi connectivity index (χ4v) is 7.38. The van der Waals surface area contributed by atoms with Gasteiger partial charge in [-0.15, -0.1) is 0 Å². The summed E-state index contributed by atoms with van der Waals surface area (Å²) in [4.78, 5) is 39.3. The standard InChI is InChI=1S/C28H36ClN5O7S2/c1-3-41-28(38)21(33-17(2)26(35)34-12-4-5-23(34)27(36)37)11-10-18-6-8-19(9-7-18)15-32-43(39,40)25-14-24-22(13-20(25)29)30-16-31-42-24/h6-9,13-14,17,21,23,30-33H,3-5,10-12,15-16H2,1-2H3,(H,36,37)/t17-,21-,23-/m0/s1. The molecule has 0 spiro atoms. The van der Waals surface area contributed by atoms with Crippen LogP contribution in [0, 0.1) is 0 Å². The van der Waals surface area contributed by atoms with Gasteiger partial charge < -0.3 is 20.1 Å². The van der Waals surface area contributed by atoms with Crippen LogP contribution in [0.4, 0.5) is 5.69 Å². The van der Waals surface area contributed by atoms with Crippen molar-refractivity contribution in [1.82, 2.24) is 19.7 Å². The number of carboxylic acid groups (broad SMARTS) is 1. The number of fused-ring (bicyclic) bond motifs is 1. The Kier molecular flexibility index (Phi) is 11.3. The highest BCUT2D eigenvalue weighted by atomic mass is 35.5. The Morgan fingerprint density at radius 3 is 2.63 bits per heavy atom. The van der Waals surface area contributed by atoms with Gasteiger partial charge in [-0.2, -0.15) is 0 Å². The van der Waals surface area contributed by atoms with E-state index >= 15 is 0 Å². The number of carbonyl (C=O) groups is 3. The Hall–Kier alpha value is -2.88. The van der Waals surface area contributed by atoms with E-state index in [0.29, 0.717) is 38.9 Å². The first-order valence-electron chi connectivity index (χ1n) is 14.0. The van der Waals surface area contributed by atoms with Crippen molar-refractivity contribution in [2.75, 3.05) is 25.1 Å². The highest BCUT2D eigenvalue weighted by Gasteiger charge is 2.37. The third-order valence-electron chi connectivity index (χ3n) is 7.28. The molecule has 15 heteroatoms. The van der Waals surface area contributed by atoms with E-state index in [1.807, 2.05) is 12.1 Å². The number of nitrogens with one attached hydrogen (secondary N) is 4. The van der Waals surface area contributed by atoms with Gasteiger partial charge in [0.1, 0.15) is 17.0 Å². The molecule has 1 amide bonds. The minimum Gasteiger partial charge on any atom is -0.480 e. The number of carbonyl (C=O) groups excluding carboxylic acids is 2. The number of ether oxygens (including phenoxy) is 1. The van der Waals surface area contributed by atoms with Gasteiger partial charge in [0.25, 0.3) is 0 Å². The second-order valence-electron chi connectivity index (χ2n) is 10.3. The molecule has 0 bridgehead atoms. The Bertz CT molecular complexity index is 1440. The molecule has 1 saturated heterocycles. The van der Waals surface area contributed by atoms with E-state index in [9.17, 15) is 27.9 Å². The maximum absolute atomic E-state index is 13.0. The number of aliphatic carboxylic acids is 1. The van der Waals surface area contributed by atoms with E-state index in [0.717, 1.165) is 21.7 Å². The lowest BCUT2D eigenvalue weighted by molar-refractivity contribution is -0.150. The summed E-state index contributed by atoms with van der Waals surface area (Å²) in [6, 6.07) is 8.02. The van der Waals surface area contributed by atoms with Gasteiger partial charge in [-0.1, -0.05) is 35.9 Å². The molecule has 12 nitrogen and oxygen atoms in total. The topological polar surface area (TPSA) is 166 Å². The number of halogens is 1. The molecule has 43 heavy (non-hydrogen) atoms. The zero-order valence-corrected chi connectivity index (χ0v) is 26.3. The molecular weight excluding hydrogens is 618 g/mol. The van der Waals surface area contributed by atoms with Crippen molar-refractivity contribution in [3.63, 3.8) is 0 Å². The van der Waals surface area contributed by atoms with Gasteiger partial charge in [0.15, 0.2) is 0 Å². The normalized spacial score (nSPS) is 17.9. The van der Waals surface area contributed by atoms with Gasteiger partial charge in [0.05, 0.1) is 30.0 Å². The van der Waals surface area contributed by atoms with Gasteiger partial charge in [-0.05, 0) is 74.7 Å². The van der Waals surface area contributed by atoms with Crippen molar-refractivity contribution in [2.24, 2.45) is 0 Å². The summed E-state index contributed by atoms with van der Waals surface area (Å²) < 4.78 is 36.8. The molecule has 0 aliphatic carbocycles. The zero-order chi connectivity index (χ0) is 31.1. The Morgan fingerprint density at radius 1 is 1.21 bits per heavy atom. The Balaban J connectivity index is 1.34. The summed E-state index contributed by atoms with van der Waals surface area (Å²) >= 11 is 7.61. The second-order valence-corrected chi connectivity index (χ2v) is 13.4. The molecule has 3 atom stereocenters. The van der Waals surface area contributed by atoms with E-state index < -0.39 is 40.1 Å².